The fraction of sp³-hybridized carbons (Fsp3) is 0.647. The summed E-state index contributed by atoms with van der Waals surface area (Å²) in [5.74, 6) is 1.72. The van der Waals surface area contributed by atoms with Crippen LogP contribution in [0, 0.1) is 11.8 Å². The maximum atomic E-state index is 3.83. The van der Waals surface area contributed by atoms with Crippen molar-refractivity contribution in [3.63, 3.8) is 0 Å². The van der Waals surface area contributed by atoms with Gasteiger partial charge >= 0.3 is 0 Å². The zero-order chi connectivity index (χ0) is 13.8. The van der Waals surface area contributed by atoms with Gasteiger partial charge in [0.05, 0.1) is 0 Å². The maximum Gasteiger partial charge on any atom is 0.0305 e. The summed E-state index contributed by atoms with van der Waals surface area (Å²) >= 11 is 3.66. The van der Waals surface area contributed by atoms with Gasteiger partial charge in [-0.25, -0.2) is 0 Å². The highest BCUT2D eigenvalue weighted by Crippen LogP contribution is 2.32. The molecule has 0 bridgehead atoms. The van der Waals surface area contributed by atoms with Crippen molar-refractivity contribution >= 4 is 15.9 Å². The lowest BCUT2D eigenvalue weighted by Crippen LogP contribution is -2.37. The Labute approximate surface area is 126 Å². The molecule has 2 heteroatoms. The van der Waals surface area contributed by atoms with Crippen LogP contribution in [0.2, 0.25) is 0 Å². The van der Waals surface area contributed by atoms with Gasteiger partial charge in [0.1, 0.15) is 0 Å². The highest BCUT2D eigenvalue weighted by Gasteiger charge is 2.25. The Morgan fingerprint density at radius 1 is 1.16 bits per heavy atom. The van der Waals surface area contributed by atoms with Crippen molar-refractivity contribution < 1.29 is 0 Å². The molecule has 0 aliphatic heterocycles. The van der Waals surface area contributed by atoms with Crippen LogP contribution in [0.5, 0.6) is 0 Å². The summed E-state index contributed by atoms with van der Waals surface area (Å²) in [6.07, 6.45) is 5.47. The second-order valence-corrected chi connectivity index (χ2v) is 7.13. The first-order chi connectivity index (χ1) is 9.08. The van der Waals surface area contributed by atoms with Crippen LogP contribution in [0.3, 0.4) is 0 Å². The molecule has 2 rings (SSSR count). The summed E-state index contributed by atoms with van der Waals surface area (Å²) in [4.78, 5) is 0. The topological polar surface area (TPSA) is 12.0 Å². The van der Waals surface area contributed by atoms with E-state index in [0.717, 1.165) is 11.8 Å². The minimum Gasteiger partial charge on any atom is -0.307 e. The van der Waals surface area contributed by atoms with E-state index in [9.17, 15) is 0 Å². The monoisotopic (exact) mass is 323 g/mol. The number of hydrogen-bond acceptors (Lipinski definition) is 1. The number of benzene rings is 1. The first kappa shape index (κ1) is 15.1. The minimum absolute atomic E-state index is 0.423. The van der Waals surface area contributed by atoms with Gasteiger partial charge in [0.15, 0.2) is 0 Å². The third-order valence-corrected chi connectivity index (χ3v) is 5.24. The largest absolute Gasteiger partial charge is 0.307 e. The van der Waals surface area contributed by atoms with Gasteiger partial charge in [-0.05, 0) is 43.2 Å². The Hall–Kier alpha value is -0.340. The quantitative estimate of drug-likeness (QED) is 0.791. The SMILES string of the molecule is CC(NC1CCCC(C(C)C)C1)c1ccccc1Br. The molecule has 0 radical (unpaired) electrons. The van der Waals surface area contributed by atoms with E-state index in [2.05, 4.69) is 66.3 Å². The molecule has 1 nitrogen and oxygen atoms in total. The van der Waals surface area contributed by atoms with Crippen LogP contribution in [0.25, 0.3) is 0 Å². The van der Waals surface area contributed by atoms with Crippen molar-refractivity contribution in [3.05, 3.63) is 34.3 Å². The Balaban J connectivity index is 1.95. The molecule has 1 fully saturated rings. The Bertz CT molecular complexity index is 402. The van der Waals surface area contributed by atoms with Crippen LogP contribution in [0.1, 0.15) is 58.1 Å². The summed E-state index contributed by atoms with van der Waals surface area (Å²) < 4.78 is 1.21. The van der Waals surface area contributed by atoms with Crippen molar-refractivity contribution in [1.82, 2.24) is 5.32 Å². The molecule has 1 aliphatic rings. The lowest BCUT2D eigenvalue weighted by molar-refractivity contribution is 0.222. The molecule has 1 aliphatic carbocycles. The molecule has 106 valence electrons. The maximum absolute atomic E-state index is 3.83. The van der Waals surface area contributed by atoms with Crippen LogP contribution < -0.4 is 5.32 Å². The summed E-state index contributed by atoms with van der Waals surface area (Å²) in [5, 5.41) is 3.83. The number of nitrogens with one attached hydrogen (secondary N) is 1. The third-order valence-electron chi connectivity index (χ3n) is 4.52. The van der Waals surface area contributed by atoms with Crippen LogP contribution >= 0.6 is 15.9 Å². The molecule has 0 amide bonds. The van der Waals surface area contributed by atoms with Crippen molar-refractivity contribution in [1.29, 1.82) is 0 Å². The van der Waals surface area contributed by atoms with Crippen molar-refractivity contribution in [2.45, 2.75) is 58.5 Å². The highest BCUT2D eigenvalue weighted by molar-refractivity contribution is 9.10. The normalized spacial score (nSPS) is 25.5. The molecule has 1 saturated carbocycles. The zero-order valence-corrected chi connectivity index (χ0v) is 13.9. The smallest absolute Gasteiger partial charge is 0.0305 e. The van der Waals surface area contributed by atoms with Gasteiger partial charge < -0.3 is 5.32 Å². The summed E-state index contributed by atoms with van der Waals surface area (Å²) in [5.41, 5.74) is 1.37. The Morgan fingerprint density at radius 3 is 2.58 bits per heavy atom. The lowest BCUT2D eigenvalue weighted by Gasteiger charge is -2.34. The Morgan fingerprint density at radius 2 is 1.89 bits per heavy atom. The molecule has 1 N–H and O–H groups in total. The van der Waals surface area contributed by atoms with E-state index in [1.165, 1.54) is 35.7 Å². The van der Waals surface area contributed by atoms with Gasteiger partial charge in [0, 0.05) is 16.6 Å². The minimum atomic E-state index is 0.423. The van der Waals surface area contributed by atoms with Crippen LogP contribution in [0.4, 0.5) is 0 Å². The van der Waals surface area contributed by atoms with Crippen molar-refractivity contribution in [3.8, 4) is 0 Å². The second-order valence-electron chi connectivity index (χ2n) is 6.28. The van der Waals surface area contributed by atoms with E-state index >= 15 is 0 Å². The van der Waals surface area contributed by atoms with Gasteiger partial charge in [-0.3, -0.25) is 0 Å². The van der Waals surface area contributed by atoms with E-state index < -0.39 is 0 Å². The van der Waals surface area contributed by atoms with E-state index in [1.54, 1.807) is 0 Å². The Kier molecular flexibility index (Phi) is 5.47. The molecule has 0 saturated heterocycles. The van der Waals surface area contributed by atoms with Gasteiger partial charge in [0.25, 0.3) is 0 Å². The average molecular weight is 324 g/mol. The van der Waals surface area contributed by atoms with Crippen LogP contribution in [-0.2, 0) is 0 Å². The molecular formula is C17H26BrN. The van der Waals surface area contributed by atoms with Gasteiger partial charge in [-0.2, -0.15) is 0 Å². The molecule has 19 heavy (non-hydrogen) atoms. The van der Waals surface area contributed by atoms with Crippen LogP contribution in [-0.4, -0.2) is 6.04 Å². The summed E-state index contributed by atoms with van der Waals surface area (Å²) in [6, 6.07) is 9.65. The van der Waals surface area contributed by atoms with Crippen LogP contribution in [0.15, 0.2) is 28.7 Å². The number of rotatable bonds is 4. The molecule has 3 unspecified atom stereocenters. The highest BCUT2D eigenvalue weighted by atomic mass is 79.9. The number of hydrogen-bond donors (Lipinski definition) is 1. The molecule has 1 aromatic rings. The fourth-order valence-electron chi connectivity index (χ4n) is 3.25. The predicted molar refractivity (Wildman–Crippen MR) is 86.3 cm³/mol. The molecular weight excluding hydrogens is 298 g/mol. The fourth-order valence-corrected chi connectivity index (χ4v) is 3.88. The predicted octanol–water partition coefficient (Wildman–Crippen LogP) is 5.31. The molecule has 0 heterocycles. The van der Waals surface area contributed by atoms with E-state index in [0.29, 0.717) is 12.1 Å². The van der Waals surface area contributed by atoms with E-state index in [4.69, 9.17) is 0 Å². The standard InChI is InChI=1S/C17H26BrN/c1-12(2)14-7-6-8-15(11-14)19-13(3)16-9-4-5-10-17(16)18/h4-5,9-10,12-15,19H,6-8,11H2,1-3H3. The van der Waals surface area contributed by atoms with Gasteiger partial charge in [-0.15, -0.1) is 0 Å². The second kappa shape index (κ2) is 6.90. The van der Waals surface area contributed by atoms with E-state index in [1.807, 2.05) is 0 Å². The molecule has 3 atom stereocenters. The molecule has 0 spiro atoms. The average Bonchev–Trinajstić information content (AvgIpc) is 2.39. The van der Waals surface area contributed by atoms with Crippen molar-refractivity contribution in [2.75, 3.05) is 0 Å². The first-order valence-electron chi connectivity index (χ1n) is 7.58. The summed E-state index contributed by atoms with van der Waals surface area (Å²) in [6.45, 7) is 7.01. The van der Waals surface area contributed by atoms with Gasteiger partial charge in [-0.1, -0.05) is 60.8 Å². The molecule has 0 aromatic heterocycles. The number of halogens is 1. The lowest BCUT2D eigenvalue weighted by atomic mass is 9.79. The third kappa shape index (κ3) is 4.06. The van der Waals surface area contributed by atoms with Crippen molar-refractivity contribution in [2.24, 2.45) is 11.8 Å². The van der Waals surface area contributed by atoms with Gasteiger partial charge in [0.2, 0.25) is 0 Å². The zero-order valence-electron chi connectivity index (χ0n) is 12.3. The first-order valence-corrected chi connectivity index (χ1v) is 8.37. The van der Waals surface area contributed by atoms with E-state index in [-0.39, 0.29) is 0 Å². The molecule has 1 aromatic carbocycles. The summed E-state index contributed by atoms with van der Waals surface area (Å²) in [7, 11) is 0.